The molecule has 0 atom stereocenters. The van der Waals surface area contributed by atoms with E-state index < -0.39 is 0 Å². The number of ether oxygens (including phenoxy) is 3. The molecule has 5 rings (SSSR count). The van der Waals surface area contributed by atoms with E-state index in [1.54, 1.807) is 33.5 Å². The van der Waals surface area contributed by atoms with E-state index in [2.05, 4.69) is 15.1 Å². The van der Waals surface area contributed by atoms with Crippen molar-refractivity contribution in [3.8, 4) is 40.1 Å². The van der Waals surface area contributed by atoms with Crippen molar-refractivity contribution < 1.29 is 18.7 Å². The normalized spacial score (nSPS) is 14.2. The lowest BCUT2D eigenvalue weighted by molar-refractivity contribution is 0.324. The molecule has 4 aromatic rings. The average Bonchev–Trinajstić information content (AvgIpc) is 3.56. The van der Waals surface area contributed by atoms with Gasteiger partial charge in [-0.3, -0.25) is 4.57 Å². The fourth-order valence-electron chi connectivity index (χ4n) is 4.46. The number of hydrogen-bond donors (Lipinski definition) is 1. The van der Waals surface area contributed by atoms with Gasteiger partial charge in [-0.1, -0.05) is 18.0 Å². The number of aromatic nitrogens is 4. The Labute approximate surface area is 183 Å². The maximum absolute atomic E-state index is 12.6. The number of H-pyrrole nitrogens is 1. The van der Waals surface area contributed by atoms with Gasteiger partial charge in [0.15, 0.2) is 11.5 Å². The number of fused-ring (bicyclic) bond motifs is 1. The first-order valence-corrected chi connectivity index (χ1v) is 10.5. The van der Waals surface area contributed by atoms with Gasteiger partial charge < -0.3 is 23.7 Å². The molecule has 1 aliphatic rings. The third-order valence-electron chi connectivity index (χ3n) is 6.00. The standard InChI is InChI=1S/C23H24N4O5/c1-29-18-11-14(12-19(30-2)20(18)31-3)22-25-21(26-32-22)13-8-9-17-16(10-13)24-23(28)27(17)15-6-4-5-7-15/h8-12,15H,4-7H2,1-3H3,(H,24,28). The first-order valence-electron chi connectivity index (χ1n) is 10.5. The molecule has 0 spiro atoms. The number of nitrogens with zero attached hydrogens (tertiary/aromatic N) is 3. The van der Waals surface area contributed by atoms with Crippen molar-refractivity contribution in [2.75, 3.05) is 21.3 Å². The van der Waals surface area contributed by atoms with Crippen LogP contribution in [0.1, 0.15) is 31.7 Å². The third kappa shape index (κ3) is 3.30. The van der Waals surface area contributed by atoms with Gasteiger partial charge in [-0.2, -0.15) is 4.98 Å². The molecule has 2 heterocycles. The Morgan fingerprint density at radius 3 is 2.38 bits per heavy atom. The van der Waals surface area contributed by atoms with Crippen molar-refractivity contribution in [1.29, 1.82) is 0 Å². The molecule has 1 aliphatic carbocycles. The van der Waals surface area contributed by atoms with Crippen molar-refractivity contribution in [3.63, 3.8) is 0 Å². The number of aromatic amines is 1. The van der Waals surface area contributed by atoms with Crippen LogP contribution in [0.3, 0.4) is 0 Å². The summed E-state index contributed by atoms with van der Waals surface area (Å²) >= 11 is 0. The topological polar surface area (TPSA) is 104 Å². The predicted octanol–water partition coefficient (Wildman–Crippen LogP) is 4.19. The SMILES string of the molecule is COc1cc(-c2nc(-c3ccc4c(c3)[nH]c(=O)n4C3CCCC3)no2)cc(OC)c1OC. The van der Waals surface area contributed by atoms with Crippen LogP contribution in [-0.2, 0) is 0 Å². The zero-order valence-corrected chi connectivity index (χ0v) is 18.2. The summed E-state index contributed by atoms with van der Waals surface area (Å²) in [6.07, 6.45) is 4.40. The molecule has 0 radical (unpaired) electrons. The fourth-order valence-corrected chi connectivity index (χ4v) is 4.46. The summed E-state index contributed by atoms with van der Waals surface area (Å²) < 4.78 is 23.6. The van der Waals surface area contributed by atoms with Crippen molar-refractivity contribution in [3.05, 3.63) is 40.8 Å². The van der Waals surface area contributed by atoms with Crippen LogP contribution in [0, 0.1) is 0 Å². The minimum atomic E-state index is -0.0738. The highest BCUT2D eigenvalue weighted by Crippen LogP contribution is 2.41. The maximum Gasteiger partial charge on any atom is 0.326 e. The fraction of sp³-hybridized carbons (Fsp3) is 0.348. The van der Waals surface area contributed by atoms with Gasteiger partial charge in [0.25, 0.3) is 5.89 Å². The molecule has 2 aromatic carbocycles. The predicted molar refractivity (Wildman–Crippen MR) is 118 cm³/mol. The van der Waals surface area contributed by atoms with E-state index in [1.165, 1.54) is 0 Å². The van der Waals surface area contributed by atoms with E-state index >= 15 is 0 Å². The van der Waals surface area contributed by atoms with Crippen LogP contribution in [0.2, 0.25) is 0 Å². The number of imidazole rings is 1. The third-order valence-corrected chi connectivity index (χ3v) is 6.00. The Morgan fingerprint density at radius 2 is 1.72 bits per heavy atom. The molecule has 0 unspecified atom stereocenters. The van der Waals surface area contributed by atoms with Gasteiger partial charge in [-0.15, -0.1) is 0 Å². The summed E-state index contributed by atoms with van der Waals surface area (Å²) in [6, 6.07) is 9.49. The summed E-state index contributed by atoms with van der Waals surface area (Å²) in [5.41, 5.74) is 2.98. The number of methoxy groups -OCH3 is 3. The number of nitrogens with one attached hydrogen (secondary N) is 1. The quantitative estimate of drug-likeness (QED) is 0.483. The minimum absolute atomic E-state index is 0.0738. The molecular weight excluding hydrogens is 412 g/mol. The van der Waals surface area contributed by atoms with Crippen molar-refractivity contribution in [1.82, 2.24) is 19.7 Å². The summed E-state index contributed by atoms with van der Waals surface area (Å²) in [4.78, 5) is 20.1. The molecule has 0 amide bonds. The van der Waals surface area contributed by atoms with Crippen molar-refractivity contribution in [2.24, 2.45) is 0 Å². The van der Waals surface area contributed by atoms with Gasteiger partial charge >= 0.3 is 5.69 Å². The summed E-state index contributed by atoms with van der Waals surface area (Å²) in [5.74, 6) is 2.21. The molecule has 1 N–H and O–H groups in total. The molecule has 9 nitrogen and oxygen atoms in total. The number of hydrogen-bond acceptors (Lipinski definition) is 7. The lowest BCUT2D eigenvalue weighted by Crippen LogP contribution is -2.20. The molecule has 0 bridgehead atoms. The zero-order valence-electron chi connectivity index (χ0n) is 18.2. The summed E-state index contributed by atoms with van der Waals surface area (Å²) in [7, 11) is 4.65. The Balaban J connectivity index is 1.52. The smallest absolute Gasteiger partial charge is 0.326 e. The highest BCUT2D eigenvalue weighted by atomic mass is 16.5. The lowest BCUT2D eigenvalue weighted by Gasteiger charge is -2.12. The lowest BCUT2D eigenvalue weighted by atomic mass is 10.1. The maximum atomic E-state index is 12.6. The van der Waals surface area contributed by atoms with Crippen LogP contribution in [0.15, 0.2) is 39.6 Å². The van der Waals surface area contributed by atoms with Gasteiger partial charge in [0, 0.05) is 17.2 Å². The van der Waals surface area contributed by atoms with Gasteiger partial charge in [0.2, 0.25) is 11.6 Å². The van der Waals surface area contributed by atoms with Crippen LogP contribution in [0.4, 0.5) is 0 Å². The monoisotopic (exact) mass is 436 g/mol. The second-order valence-corrected chi connectivity index (χ2v) is 7.81. The Kier molecular flexibility index (Phi) is 5.08. The average molecular weight is 436 g/mol. The second kappa shape index (κ2) is 8.07. The second-order valence-electron chi connectivity index (χ2n) is 7.81. The van der Waals surface area contributed by atoms with E-state index in [0.717, 1.165) is 42.3 Å². The van der Waals surface area contributed by atoms with E-state index in [-0.39, 0.29) is 11.7 Å². The first-order chi connectivity index (χ1) is 15.6. The molecule has 9 heteroatoms. The molecule has 32 heavy (non-hydrogen) atoms. The highest BCUT2D eigenvalue weighted by molar-refractivity contribution is 5.81. The van der Waals surface area contributed by atoms with Gasteiger partial charge in [-0.05, 0) is 43.2 Å². The van der Waals surface area contributed by atoms with Gasteiger partial charge in [0.05, 0.1) is 32.4 Å². The van der Waals surface area contributed by atoms with Crippen LogP contribution in [0.25, 0.3) is 33.9 Å². The van der Waals surface area contributed by atoms with E-state index in [0.29, 0.717) is 34.5 Å². The Bertz CT molecular complexity index is 1300. The van der Waals surface area contributed by atoms with E-state index in [1.807, 2.05) is 22.8 Å². The molecular formula is C23H24N4O5. The van der Waals surface area contributed by atoms with Crippen LogP contribution < -0.4 is 19.9 Å². The highest BCUT2D eigenvalue weighted by Gasteiger charge is 2.22. The molecule has 166 valence electrons. The molecule has 1 fully saturated rings. The van der Waals surface area contributed by atoms with Crippen molar-refractivity contribution >= 4 is 11.0 Å². The summed E-state index contributed by atoms with van der Waals surface area (Å²) in [5, 5.41) is 4.13. The van der Waals surface area contributed by atoms with Crippen molar-refractivity contribution in [2.45, 2.75) is 31.7 Å². The zero-order chi connectivity index (χ0) is 22.2. The Hall–Kier alpha value is -3.75. The summed E-state index contributed by atoms with van der Waals surface area (Å²) in [6.45, 7) is 0. The number of benzene rings is 2. The van der Waals surface area contributed by atoms with Gasteiger partial charge in [-0.25, -0.2) is 4.79 Å². The van der Waals surface area contributed by atoms with E-state index in [9.17, 15) is 4.79 Å². The molecule has 1 saturated carbocycles. The molecule has 2 aromatic heterocycles. The Morgan fingerprint density at radius 1 is 1.00 bits per heavy atom. The van der Waals surface area contributed by atoms with E-state index in [4.69, 9.17) is 18.7 Å². The minimum Gasteiger partial charge on any atom is -0.493 e. The largest absolute Gasteiger partial charge is 0.493 e. The van der Waals surface area contributed by atoms with Gasteiger partial charge in [0.1, 0.15) is 0 Å². The number of rotatable bonds is 6. The first kappa shape index (κ1) is 20.2. The van der Waals surface area contributed by atoms with Crippen LogP contribution in [0.5, 0.6) is 17.2 Å². The van der Waals surface area contributed by atoms with Crippen LogP contribution in [-0.4, -0.2) is 41.0 Å². The van der Waals surface area contributed by atoms with Crippen LogP contribution >= 0.6 is 0 Å². The molecule has 0 aliphatic heterocycles. The molecule has 0 saturated heterocycles.